The number of aliphatic hydroxyl groups is 2. The molecule has 2 N–H and O–H groups in total. The van der Waals surface area contributed by atoms with Gasteiger partial charge in [0.1, 0.15) is 5.60 Å². The fourth-order valence-electron chi connectivity index (χ4n) is 1.65. The molecule has 1 fully saturated rings. The molecule has 0 aromatic carbocycles. The average molecular weight is 231 g/mol. The molecule has 16 heavy (non-hydrogen) atoms. The van der Waals surface area contributed by atoms with Crippen LogP contribution in [0, 0.1) is 0 Å². The molecule has 1 aliphatic heterocycles. The molecule has 1 heterocycles. The van der Waals surface area contributed by atoms with Gasteiger partial charge in [-0.1, -0.05) is 0 Å². The summed E-state index contributed by atoms with van der Waals surface area (Å²) in [5.74, 6) is 0. The van der Waals surface area contributed by atoms with Gasteiger partial charge in [0.2, 0.25) is 0 Å². The van der Waals surface area contributed by atoms with Crippen LogP contribution < -0.4 is 0 Å². The van der Waals surface area contributed by atoms with Crippen molar-refractivity contribution < 1.29 is 19.7 Å². The lowest BCUT2D eigenvalue weighted by Gasteiger charge is -2.27. The zero-order chi connectivity index (χ0) is 12.3. The van der Waals surface area contributed by atoms with Gasteiger partial charge >= 0.3 is 6.09 Å². The molecule has 0 saturated carbocycles. The van der Waals surface area contributed by atoms with Crippen molar-refractivity contribution in [1.29, 1.82) is 0 Å². The molecule has 0 bridgehead atoms. The van der Waals surface area contributed by atoms with E-state index in [1.807, 2.05) is 0 Å². The maximum atomic E-state index is 11.7. The monoisotopic (exact) mass is 231 g/mol. The molecular weight excluding hydrogens is 210 g/mol. The summed E-state index contributed by atoms with van der Waals surface area (Å²) in [6, 6.07) is 0. The molecule has 94 valence electrons. The zero-order valence-corrected chi connectivity index (χ0v) is 10.1. The number of carbonyl (C=O) groups excluding carboxylic acids is 1. The van der Waals surface area contributed by atoms with Crippen LogP contribution in [-0.4, -0.2) is 52.1 Å². The fourth-order valence-corrected chi connectivity index (χ4v) is 1.65. The summed E-state index contributed by atoms with van der Waals surface area (Å²) in [6.45, 7) is 6.05. The number of hydrogen-bond donors (Lipinski definition) is 2. The quantitative estimate of drug-likeness (QED) is 0.645. The van der Waals surface area contributed by atoms with Crippen molar-refractivity contribution in [2.75, 3.05) is 13.1 Å². The van der Waals surface area contributed by atoms with Crippen molar-refractivity contribution in [2.45, 2.75) is 51.4 Å². The van der Waals surface area contributed by atoms with Gasteiger partial charge in [0, 0.05) is 13.0 Å². The van der Waals surface area contributed by atoms with Crippen molar-refractivity contribution in [3.8, 4) is 0 Å². The molecule has 5 nitrogen and oxygen atoms in total. The third kappa shape index (κ3) is 4.37. The van der Waals surface area contributed by atoms with E-state index in [4.69, 9.17) is 4.74 Å². The minimum absolute atomic E-state index is 0.228. The molecule has 2 atom stereocenters. The molecular formula is C11H21NO4. The Hall–Kier alpha value is -0.810. The van der Waals surface area contributed by atoms with Crippen LogP contribution in [0.2, 0.25) is 0 Å². The normalized spacial score (nSPS) is 27.4. The molecule has 0 aliphatic carbocycles. The van der Waals surface area contributed by atoms with Crippen LogP contribution in [-0.2, 0) is 4.74 Å². The number of ether oxygens (including phenoxy) is 1. The van der Waals surface area contributed by atoms with Crippen molar-refractivity contribution in [2.24, 2.45) is 0 Å². The lowest BCUT2D eigenvalue weighted by molar-refractivity contribution is 0.0171. The first-order chi connectivity index (χ1) is 7.28. The molecule has 0 spiro atoms. The molecule has 0 radical (unpaired) electrons. The predicted octanol–water partition coefficient (Wildman–Crippen LogP) is 0.739. The highest BCUT2D eigenvalue weighted by molar-refractivity contribution is 5.68. The van der Waals surface area contributed by atoms with Gasteiger partial charge in [-0.15, -0.1) is 0 Å². The van der Waals surface area contributed by atoms with Crippen LogP contribution in [0.1, 0.15) is 33.6 Å². The Morgan fingerprint density at radius 2 is 1.94 bits per heavy atom. The molecule has 1 amide bonds. The van der Waals surface area contributed by atoms with E-state index in [0.29, 0.717) is 19.4 Å². The summed E-state index contributed by atoms with van der Waals surface area (Å²) in [4.78, 5) is 13.2. The molecule has 0 aromatic heterocycles. The van der Waals surface area contributed by atoms with E-state index >= 15 is 0 Å². The van der Waals surface area contributed by atoms with E-state index < -0.39 is 23.9 Å². The number of rotatable bonds is 0. The number of aliphatic hydroxyl groups excluding tert-OH is 2. The Labute approximate surface area is 96.0 Å². The number of β-amino-alcohol motifs (C(OH)–C–C–N with tert-alkyl or cyclic N) is 1. The van der Waals surface area contributed by atoms with E-state index in [9.17, 15) is 15.0 Å². The Morgan fingerprint density at radius 1 is 1.31 bits per heavy atom. The summed E-state index contributed by atoms with van der Waals surface area (Å²) in [5, 5.41) is 19.0. The van der Waals surface area contributed by atoms with Gasteiger partial charge in [0.05, 0.1) is 18.8 Å². The van der Waals surface area contributed by atoms with Crippen molar-refractivity contribution in [3.05, 3.63) is 0 Å². The van der Waals surface area contributed by atoms with Crippen molar-refractivity contribution in [1.82, 2.24) is 4.90 Å². The van der Waals surface area contributed by atoms with E-state index in [0.717, 1.165) is 0 Å². The van der Waals surface area contributed by atoms with Gasteiger partial charge in [-0.3, -0.25) is 0 Å². The lowest BCUT2D eigenvalue weighted by Crippen LogP contribution is -2.40. The zero-order valence-electron chi connectivity index (χ0n) is 10.1. The Morgan fingerprint density at radius 3 is 2.50 bits per heavy atom. The largest absolute Gasteiger partial charge is 0.444 e. The highest BCUT2D eigenvalue weighted by Gasteiger charge is 2.27. The molecule has 0 aromatic rings. The number of carbonyl (C=O) groups is 1. The van der Waals surface area contributed by atoms with Gasteiger partial charge in [-0.2, -0.15) is 0 Å². The van der Waals surface area contributed by atoms with Crippen LogP contribution in [0.15, 0.2) is 0 Å². The standard InChI is InChI=1S/C11H21NO4/c1-11(2,3)16-10(15)12-5-4-8(13)6-9(14)7-12/h8-9,13-14H,4-7H2,1-3H3. The van der Waals surface area contributed by atoms with Gasteiger partial charge in [0.25, 0.3) is 0 Å². The Kier molecular flexibility index (Phi) is 4.15. The number of amides is 1. The van der Waals surface area contributed by atoms with Crippen LogP contribution in [0.5, 0.6) is 0 Å². The Bertz CT molecular complexity index is 249. The summed E-state index contributed by atoms with van der Waals surface area (Å²) < 4.78 is 5.21. The fraction of sp³-hybridized carbons (Fsp3) is 0.909. The van der Waals surface area contributed by atoms with Crippen LogP contribution in [0.3, 0.4) is 0 Å². The average Bonchev–Trinajstić information content (AvgIpc) is 2.23. The number of nitrogens with zero attached hydrogens (tertiary/aromatic N) is 1. The smallest absolute Gasteiger partial charge is 0.410 e. The summed E-state index contributed by atoms with van der Waals surface area (Å²) in [7, 11) is 0. The second kappa shape index (κ2) is 5.01. The van der Waals surface area contributed by atoms with Crippen LogP contribution in [0.4, 0.5) is 4.79 Å². The van der Waals surface area contributed by atoms with Crippen molar-refractivity contribution >= 4 is 6.09 Å². The first kappa shape index (κ1) is 13.3. The molecule has 5 heteroatoms. The first-order valence-corrected chi connectivity index (χ1v) is 5.62. The second-order valence-corrected chi connectivity index (χ2v) is 5.26. The summed E-state index contributed by atoms with van der Waals surface area (Å²) in [5.41, 5.74) is -0.535. The molecule has 2 unspecified atom stereocenters. The summed E-state index contributed by atoms with van der Waals surface area (Å²) in [6.07, 6.45) is -0.844. The first-order valence-electron chi connectivity index (χ1n) is 5.62. The maximum absolute atomic E-state index is 11.7. The van der Waals surface area contributed by atoms with E-state index in [2.05, 4.69) is 0 Å². The number of hydrogen-bond acceptors (Lipinski definition) is 4. The maximum Gasteiger partial charge on any atom is 0.410 e. The van der Waals surface area contributed by atoms with Crippen LogP contribution >= 0.6 is 0 Å². The molecule has 1 saturated heterocycles. The van der Waals surface area contributed by atoms with Crippen LogP contribution in [0.25, 0.3) is 0 Å². The topological polar surface area (TPSA) is 70.0 Å². The minimum Gasteiger partial charge on any atom is -0.444 e. The minimum atomic E-state index is -0.676. The third-order valence-corrected chi connectivity index (χ3v) is 2.36. The third-order valence-electron chi connectivity index (χ3n) is 2.36. The lowest BCUT2D eigenvalue weighted by atomic mass is 10.1. The second-order valence-electron chi connectivity index (χ2n) is 5.26. The highest BCUT2D eigenvalue weighted by atomic mass is 16.6. The van der Waals surface area contributed by atoms with E-state index in [-0.39, 0.29) is 6.54 Å². The van der Waals surface area contributed by atoms with E-state index in [1.54, 1.807) is 20.8 Å². The number of likely N-dealkylation sites (tertiary alicyclic amines) is 1. The van der Waals surface area contributed by atoms with E-state index in [1.165, 1.54) is 4.90 Å². The van der Waals surface area contributed by atoms with Gasteiger partial charge < -0.3 is 19.8 Å². The molecule has 1 aliphatic rings. The van der Waals surface area contributed by atoms with Gasteiger partial charge in [-0.05, 0) is 27.2 Å². The van der Waals surface area contributed by atoms with Crippen molar-refractivity contribution in [3.63, 3.8) is 0 Å². The summed E-state index contributed by atoms with van der Waals surface area (Å²) >= 11 is 0. The Balaban J connectivity index is 2.55. The predicted molar refractivity (Wildman–Crippen MR) is 59.1 cm³/mol. The van der Waals surface area contributed by atoms with Gasteiger partial charge in [-0.25, -0.2) is 4.79 Å². The van der Waals surface area contributed by atoms with Gasteiger partial charge in [0.15, 0.2) is 0 Å². The highest BCUT2D eigenvalue weighted by Crippen LogP contribution is 2.15. The molecule has 1 rings (SSSR count). The SMILES string of the molecule is CC(C)(C)OC(=O)N1CCC(O)CC(O)C1.